The van der Waals surface area contributed by atoms with Crippen molar-refractivity contribution in [2.75, 3.05) is 33.1 Å². The largest absolute Gasteiger partial charge is 0.496 e. The number of methoxy groups -OCH3 is 1. The number of fused-ring (bicyclic) bond motifs is 3. The van der Waals surface area contributed by atoms with E-state index in [4.69, 9.17) is 9.47 Å². The monoisotopic (exact) mass is 473 g/mol. The maximum Gasteiger partial charge on any atom is 0.357 e. The standard InChI is InChI=1S/C26H27N5O4/c1-5-35-25(33)18-15-19-22(20(32)12-14-30(2)3)23-21(34-4)11-13-27-24(23)31(19)26(29-18)28-16-17-9-7-6-8-10-17/h6-15H,5,16H2,1-4H3,(H,28,29)/b14-12+. The molecule has 3 aromatic heterocycles. The van der Waals surface area contributed by atoms with Crippen LogP contribution in [0.1, 0.15) is 33.3 Å². The first-order valence-corrected chi connectivity index (χ1v) is 11.2. The summed E-state index contributed by atoms with van der Waals surface area (Å²) >= 11 is 0. The molecule has 9 nitrogen and oxygen atoms in total. The van der Waals surface area contributed by atoms with Gasteiger partial charge in [0, 0.05) is 39.1 Å². The second-order valence-electron chi connectivity index (χ2n) is 7.98. The Bertz CT molecular complexity index is 1410. The molecule has 0 saturated carbocycles. The number of nitrogens with one attached hydrogen (secondary N) is 1. The summed E-state index contributed by atoms with van der Waals surface area (Å²) in [5.41, 5.74) is 2.43. The van der Waals surface area contributed by atoms with E-state index in [1.54, 1.807) is 40.8 Å². The Morgan fingerprint density at radius 2 is 1.94 bits per heavy atom. The average Bonchev–Trinajstić information content (AvgIpc) is 3.21. The molecule has 35 heavy (non-hydrogen) atoms. The molecule has 0 spiro atoms. The van der Waals surface area contributed by atoms with Gasteiger partial charge in [0.2, 0.25) is 5.95 Å². The third-order valence-electron chi connectivity index (χ3n) is 5.33. The summed E-state index contributed by atoms with van der Waals surface area (Å²) < 4.78 is 12.5. The molecule has 0 radical (unpaired) electrons. The lowest BCUT2D eigenvalue weighted by Crippen LogP contribution is -2.13. The highest BCUT2D eigenvalue weighted by Crippen LogP contribution is 2.35. The first-order valence-electron chi connectivity index (χ1n) is 11.2. The number of aromatic nitrogens is 3. The van der Waals surface area contributed by atoms with Crippen molar-refractivity contribution in [1.29, 1.82) is 0 Å². The van der Waals surface area contributed by atoms with Crippen molar-refractivity contribution < 1.29 is 19.1 Å². The van der Waals surface area contributed by atoms with Crippen LogP contribution in [0, 0.1) is 0 Å². The zero-order valence-corrected chi connectivity index (χ0v) is 20.1. The molecule has 180 valence electrons. The van der Waals surface area contributed by atoms with Gasteiger partial charge in [-0.2, -0.15) is 0 Å². The van der Waals surface area contributed by atoms with Crippen LogP contribution in [0.2, 0.25) is 0 Å². The molecule has 3 heterocycles. The Kier molecular flexibility index (Phi) is 6.96. The van der Waals surface area contributed by atoms with Gasteiger partial charge in [0.25, 0.3) is 0 Å². The summed E-state index contributed by atoms with van der Waals surface area (Å²) in [6.45, 7) is 2.38. The number of anilines is 1. The predicted molar refractivity (Wildman–Crippen MR) is 134 cm³/mol. The van der Waals surface area contributed by atoms with Gasteiger partial charge in [-0.15, -0.1) is 0 Å². The Morgan fingerprint density at radius 1 is 1.17 bits per heavy atom. The smallest absolute Gasteiger partial charge is 0.357 e. The van der Waals surface area contributed by atoms with Gasteiger partial charge in [-0.3, -0.25) is 9.20 Å². The van der Waals surface area contributed by atoms with E-state index < -0.39 is 5.97 Å². The highest BCUT2D eigenvalue weighted by atomic mass is 16.5. The Hall–Kier alpha value is -4.40. The van der Waals surface area contributed by atoms with E-state index in [1.807, 2.05) is 44.4 Å². The van der Waals surface area contributed by atoms with Crippen LogP contribution in [-0.4, -0.2) is 58.8 Å². The van der Waals surface area contributed by atoms with Crippen molar-refractivity contribution in [2.45, 2.75) is 13.5 Å². The molecule has 0 bridgehead atoms. The number of carbonyl (C=O) groups is 2. The van der Waals surface area contributed by atoms with Crippen molar-refractivity contribution in [2.24, 2.45) is 0 Å². The molecule has 1 aromatic carbocycles. The van der Waals surface area contributed by atoms with Gasteiger partial charge in [-0.1, -0.05) is 30.3 Å². The molecular formula is C26H27N5O4. The van der Waals surface area contributed by atoms with Crippen molar-refractivity contribution in [1.82, 2.24) is 19.3 Å². The topological polar surface area (TPSA) is 98.1 Å². The molecule has 0 aliphatic rings. The second kappa shape index (κ2) is 10.3. The van der Waals surface area contributed by atoms with Crippen LogP contribution < -0.4 is 10.1 Å². The minimum Gasteiger partial charge on any atom is -0.496 e. The Balaban J connectivity index is 2.01. The van der Waals surface area contributed by atoms with Crippen molar-refractivity contribution in [3.63, 3.8) is 0 Å². The molecule has 1 N–H and O–H groups in total. The fourth-order valence-corrected chi connectivity index (χ4v) is 3.79. The molecule has 0 unspecified atom stereocenters. The van der Waals surface area contributed by atoms with Gasteiger partial charge in [-0.05, 0) is 24.6 Å². The van der Waals surface area contributed by atoms with E-state index in [9.17, 15) is 9.59 Å². The number of pyridine rings is 1. The fourth-order valence-electron chi connectivity index (χ4n) is 3.79. The van der Waals surface area contributed by atoms with Crippen LogP contribution in [-0.2, 0) is 11.3 Å². The van der Waals surface area contributed by atoms with Crippen LogP contribution >= 0.6 is 0 Å². The molecule has 0 saturated heterocycles. The fraction of sp³-hybridized carbons (Fsp3) is 0.231. The Labute approximate surface area is 203 Å². The minimum absolute atomic E-state index is 0.0855. The minimum atomic E-state index is -0.579. The first-order chi connectivity index (χ1) is 16.9. The van der Waals surface area contributed by atoms with E-state index in [0.29, 0.717) is 40.4 Å². The second-order valence-corrected chi connectivity index (χ2v) is 7.98. The molecule has 0 atom stereocenters. The number of ketones is 1. The third-order valence-corrected chi connectivity index (χ3v) is 5.33. The lowest BCUT2D eigenvalue weighted by atomic mass is 10.1. The zero-order valence-electron chi connectivity index (χ0n) is 20.1. The number of carbonyl (C=O) groups excluding carboxylic acids is 2. The van der Waals surface area contributed by atoms with E-state index in [0.717, 1.165) is 5.56 Å². The van der Waals surface area contributed by atoms with E-state index in [-0.39, 0.29) is 18.1 Å². The number of nitrogens with zero attached hydrogens (tertiary/aromatic N) is 4. The number of allylic oxidation sites excluding steroid dienone is 1. The lowest BCUT2D eigenvalue weighted by molar-refractivity contribution is 0.0519. The molecule has 4 rings (SSSR count). The normalized spacial score (nSPS) is 11.2. The lowest BCUT2D eigenvalue weighted by Gasteiger charge is -2.12. The summed E-state index contributed by atoms with van der Waals surface area (Å²) in [5, 5.41) is 3.84. The number of rotatable bonds is 9. The van der Waals surface area contributed by atoms with Crippen molar-refractivity contribution in [3.05, 3.63) is 77.8 Å². The molecule has 0 amide bonds. The molecule has 0 aliphatic heterocycles. The molecular weight excluding hydrogens is 446 g/mol. The maximum absolute atomic E-state index is 13.4. The average molecular weight is 474 g/mol. The number of hydrogen-bond acceptors (Lipinski definition) is 8. The third kappa shape index (κ3) is 4.79. The van der Waals surface area contributed by atoms with Crippen molar-refractivity contribution >= 4 is 34.3 Å². The Morgan fingerprint density at radius 3 is 2.63 bits per heavy atom. The molecule has 9 heteroatoms. The highest BCUT2D eigenvalue weighted by Gasteiger charge is 2.25. The quantitative estimate of drug-likeness (QED) is 0.222. The van der Waals surface area contributed by atoms with Gasteiger partial charge in [0.05, 0.1) is 30.2 Å². The number of benzene rings is 1. The summed E-state index contributed by atoms with van der Waals surface area (Å²) in [6.07, 6.45) is 4.75. The van der Waals surface area contributed by atoms with Crippen LogP contribution in [0.15, 0.2) is 60.9 Å². The summed E-state index contributed by atoms with van der Waals surface area (Å²) in [5.74, 6) is 0.0143. The summed E-state index contributed by atoms with van der Waals surface area (Å²) in [6, 6.07) is 13.1. The van der Waals surface area contributed by atoms with Crippen LogP contribution in [0.3, 0.4) is 0 Å². The molecule has 0 fully saturated rings. The zero-order chi connectivity index (χ0) is 24.9. The van der Waals surface area contributed by atoms with E-state index in [2.05, 4.69) is 15.3 Å². The van der Waals surface area contributed by atoms with Gasteiger partial charge in [-0.25, -0.2) is 14.8 Å². The number of esters is 1. The van der Waals surface area contributed by atoms with Crippen molar-refractivity contribution in [3.8, 4) is 5.75 Å². The number of hydrogen-bond donors (Lipinski definition) is 1. The van der Waals surface area contributed by atoms with Gasteiger partial charge in [0.15, 0.2) is 17.1 Å². The summed E-state index contributed by atoms with van der Waals surface area (Å²) in [7, 11) is 5.20. The van der Waals surface area contributed by atoms with E-state index >= 15 is 0 Å². The van der Waals surface area contributed by atoms with Gasteiger partial charge < -0.3 is 19.7 Å². The van der Waals surface area contributed by atoms with E-state index in [1.165, 1.54) is 13.2 Å². The van der Waals surface area contributed by atoms with Gasteiger partial charge >= 0.3 is 5.97 Å². The SMILES string of the molecule is CCOC(=O)c1cc2c(C(=O)/C=C/N(C)C)c3c(OC)ccnc3n2c(NCc2ccccc2)n1. The number of ether oxygens (including phenoxy) is 2. The predicted octanol–water partition coefficient (Wildman–Crippen LogP) is 3.94. The first kappa shape index (κ1) is 23.7. The molecule has 0 aliphatic carbocycles. The van der Waals surface area contributed by atoms with Crippen LogP contribution in [0.25, 0.3) is 16.6 Å². The molecule has 4 aromatic rings. The maximum atomic E-state index is 13.4. The summed E-state index contributed by atoms with van der Waals surface area (Å²) in [4.78, 5) is 37.0. The van der Waals surface area contributed by atoms with Gasteiger partial charge in [0.1, 0.15) is 5.75 Å². The van der Waals surface area contributed by atoms with Crippen LogP contribution in [0.4, 0.5) is 5.95 Å². The van der Waals surface area contributed by atoms with Crippen LogP contribution in [0.5, 0.6) is 5.75 Å². The highest BCUT2D eigenvalue weighted by molar-refractivity contribution is 6.20.